The van der Waals surface area contributed by atoms with E-state index in [1.807, 2.05) is 75.1 Å². The van der Waals surface area contributed by atoms with Crippen LogP contribution >= 0.6 is 0 Å². The minimum Gasteiger partial charge on any atom is -0.494 e. The lowest BCUT2D eigenvalue weighted by Crippen LogP contribution is -2.47. The summed E-state index contributed by atoms with van der Waals surface area (Å²) in [6, 6.07) is 15.6. The topological polar surface area (TPSA) is 70.7 Å². The smallest absolute Gasteiger partial charge is 0.317 e. The molecule has 1 heterocycles. The standard InChI is InChI=1S/C26H35N3O3/c1-5-32-24-13-11-20(12-14-24)19(4)28-25(30)22-9-6-8-21(16-22)23-10-7-15-29(17-23)26(31)27-18(2)3/h6,8-9,11-14,16,18-19,23H,5,7,10,15,17H2,1-4H3,(H,27,31)(H,28,30)/t19-,23-/m1/s1. The number of benzene rings is 2. The molecule has 0 aliphatic carbocycles. The highest BCUT2D eigenvalue weighted by Gasteiger charge is 2.25. The van der Waals surface area contributed by atoms with Gasteiger partial charge in [-0.25, -0.2) is 4.79 Å². The van der Waals surface area contributed by atoms with E-state index < -0.39 is 0 Å². The molecule has 3 amide bonds. The molecule has 3 rings (SSSR count). The second kappa shape index (κ2) is 11.0. The summed E-state index contributed by atoms with van der Waals surface area (Å²) in [5.41, 5.74) is 2.77. The molecule has 0 radical (unpaired) electrons. The van der Waals surface area contributed by atoms with Crippen LogP contribution in [0.4, 0.5) is 4.79 Å². The van der Waals surface area contributed by atoms with E-state index in [9.17, 15) is 9.59 Å². The molecule has 2 atom stereocenters. The average Bonchev–Trinajstić information content (AvgIpc) is 2.79. The van der Waals surface area contributed by atoms with Gasteiger partial charge in [0.2, 0.25) is 0 Å². The van der Waals surface area contributed by atoms with Crippen molar-refractivity contribution < 1.29 is 14.3 Å². The van der Waals surface area contributed by atoms with Crippen LogP contribution in [-0.2, 0) is 0 Å². The molecule has 1 fully saturated rings. The number of ether oxygens (including phenoxy) is 1. The van der Waals surface area contributed by atoms with E-state index in [4.69, 9.17) is 4.74 Å². The Morgan fingerprint density at radius 2 is 1.84 bits per heavy atom. The van der Waals surface area contributed by atoms with Gasteiger partial charge in [-0.2, -0.15) is 0 Å². The summed E-state index contributed by atoms with van der Waals surface area (Å²) >= 11 is 0. The van der Waals surface area contributed by atoms with Crippen molar-refractivity contribution >= 4 is 11.9 Å². The maximum Gasteiger partial charge on any atom is 0.317 e. The van der Waals surface area contributed by atoms with Crippen molar-refractivity contribution in [2.24, 2.45) is 0 Å². The molecule has 0 unspecified atom stereocenters. The molecule has 0 saturated carbocycles. The van der Waals surface area contributed by atoms with Gasteiger partial charge in [-0.3, -0.25) is 4.79 Å². The van der Waals surface area contributed by atoms with Crippen LogP contribution in [0.1, 0.15) is 74.0 Å². The van der Waals surface area contributed by atoms with Crippen LogP contribution in [0.5, 0.6) is 5.75 Å². The van der Waals surface area contributed by atoms with Gasteiger partial charge in [0, 0.05) is 30.6 Å². The molecule has 1 aliphatic heterocycles. The van der Waals surface area contributed by atoms with Gasteiger partial charge in [-0.05, 0) is 75.9 Å². The van der Waals surface area contributed by atoms with Crippen LogP contribution in [0.15, 0.2) is 48.5 Å². The Morgan fingerprint density at radius 1 is 1.09 bits per heavy atom. The number of urea groups is 1. The fourth-order valence-corrected chi connectivity index (χ4v) is 4.09. The van der Waals surface area contributed by atoms with E-state index in [2.05, 4.69) is 16.7 Å². The first-order valence-electron chi connectivity index (χ1n) is 11.6. The van der Waals surface area contributed by atoms with E-state index >= 15 is 0 Å². The van der Waals surface area contributed by atoms with E-state index in [1.54, 1.807) is 0 Å². The molecule has 0 spiro atoms. The minimum absolute atomic E-state index is 0.0113. The maximum atomic E-state index is 12.9. The van der Waals surface area contributed by atoms with Crippen LogP contribution in [0, 0.1) is 0 Å². The molecule has 2 aromatic carbocycles. The Balaban J connectivity index is 1.64. The molecule has 1 saturated heterocycles. The SMILES string of the molecule is CCOc1ccc([C@@H](C)NC(=O)c2cccc([C@@H]3CCCN(C(=O)NC(C)C)C3)c2)cc1. The summed E-state index contributed by atoms with van der Waals surface area (Å²) in [4.78, 5) is 27.2. The Kier molecular flexibility index (Phi) is 8.14. The van der Waals surface area contributed by atoms with Crippen LogP contribution in [0.25, 0.3) is 0 Å². The molecule has 0 aromatic heterocycles. The molecule has 1 aliphatic rings. The van der Waals surface area contributed by atoms with E-state index in [0.29, 0.717) is 18.7 Å². The number of likely N-dealkylation sites (tertiary alicyclic amines) is 1. The first-order chi connectivity index (χ1) is 15.4. The summed E-state index contributed by atoms with van der Waals surface area (Å²) < 4.78 is 5.49. The van der Waals surface area contributed by atoms with E-state index in [1.165, 1.54) is 0 Å². The predicted molar refractivity (Wildman–Crippen MR) is 127 cm³/mol. The van der Waals surface area contributed by atoms with Gasteiger partial charge < -0.3 is 20.3 Å². The second-order valence-corrected chi connectivity index (χ2v) is 8.71. The van der Waals surface area contributed by atoms with Gasteiger partial charge >= 0.3 is 6.03 Å². The minimum atomic E-state index is -0.119. The lowest BCUT2D eigenvalue weighted by atomic mass is 9.89. The monoisotopic (exact) mass is 437 g/mol. The van der Waals surface area contributed by atoms with Gasteiger partial charge in [-0.1, -0.05) is 24.3 Å². The molecule has 6 heteroatoms. The second-order valence-electron chi connectivity index (χ2n) is 8.71. The molecular weight excluding hydrogens is 402 g/mol. The van der Waals surface area contributed by atoms with Gasteiger partial charge in [0.15, 0.2) is 0 Å². The Hall–Kier alpha value is -3.02. The first kappa shape index (κ1) is 23.6. The summed E-state index contributed by atoms with van der Waals surface area (Å²) in [6.45, 7) is 9.94. The summed E-state index contributed by atoms with van der Waals surface area (Å²) in [6.07, 6.45) is 1.97. The van der Waals surface area contributed by atoms with Gasteiger partial charge in [0.1, 0.15) is 5.75 Å². The number of rotatable bonds is 7. The number of piperidine rings is 1. The number of nitrogens with zero attached hydrogens (tertiary/aromatic N) is 1. The van der Waals surface area contributed by atoms with Crippen LogP contribution in [0.2, 0.25) is 0 Å². The Morgan fingerprint density at radius 3 is 2.53 bits per heavy atom. The van der Waals surface area contributed by atoms with Crippen LogP contribution in [-0.4, -0.2) is 42.6 Å². The number of hydrogen-bond acceptors (Lipinski definition) is 3. The highest BCUT2D eigenvalue weighted by atomic mass is 16.5. The maximum absolute atomic E-state index is 12.9. The highest BCUT2D eigenvalue weighted by Crippen LogP contribution is 2.28. The molecule has 2 aromatic rings. The fourth-order valence-electron chi connectivity index (χ4n) is 4.09. The summed E-state index contributed by atoms with van der Waals surface area (Å²) in [7, 11) is 0. The third-order valence-corrected chi connectivity index (χ3v) is 5.78. The number of amides is 3. The highest BCUT2D eigenvalue weighted by molar-refractivity contribution is 5.94. The van der Waals surface area contributed by atoms with Crippen molar-refractivity contribution in [1.82, 2.24) is 15.5 Å². The predicted octanol–water partition coefficient (Wildman–Crippen LogP) is 4.87. The van der Waals surface area contributed by atoms with Gasteiger partial charge in [0.05, 0.1) is 12.6 Å². The van der Waals surface area contributed by atoms with Crippen molar-refractivity contribution in [1.29, 1.82) is 0 Å². The molecule has 172 valence electrons. The molecule has 0 bridgehead atoms. The van der Waals surface area contributed by atoms with Crippen molar-refractivity contribution in [2.75, 3.05) is 19.7 Å². The first-order valence-corrected chi connectivity index (χ1v) is 11.6. The van der Waals surface area contributed by atoms with E-state index in [-0.39, 0.29) is 29.9 Å². The number of hydrogen-bond donors (Lipinski definition) is 2. The van der Waals surface area contributed by atoms with Crippen molar-refractivity contribution in [3.63, 3.8) is 0 Å². The number of carbonyl (C=O) groups is 2. The third kappa shape index (κ3) is 6.25. The van der Waals surface area contributed by atoms with Crippen LogP contribution in [0.3, 0.4) is 0 Å². The van der Waals surface area contributed by atoms with E-state index in [0.717, 1.165) is 36.3 Å². The van der Waals surface area contributed by atoms with Gasteiger partial charge in [-0.15, -0.1) is 0 Å². The zero-order chi connectivity index (χ0) is 23.1. The summed E-state index contributed by atoms with van der Waals surface area (Å²) in [5.74, 6) is 0.961. The lowest BCUT2D eigenvalue weighted by molar-refractivity contribution is 0.0939. The normalized spacial score (nSPS) is 17.0. The Bertz CT molecular complexity index is 911. The van der Waals surface area contributed by atoms with Crippen molar-refractivity contribution in [2.45, 2.75) is 58.5 Å². The molecular formula is C26H35N3O3. The third-order valence-electron chi connectivity index (χ3n) is 5.78. The van der Waals surface area contributed by atoms with Gasteiger partial charge in [0.25, 0.3) is 5.91 Å². The number of carbonyl (C=O) groups excluding carboxylic acids is 2. The zero-order valence-corrected chi connectivity index (χ0v) is 19.6. The molecule has 32 heavy (non-hydrogen) atoms. The summed E-state index contributed by atoms with van der Waals surface area (Å²) in [5, 5.41) is 6.07. The quantitative estimate of drug-likeness (QED) is 0.649. The number of nitrogens with one attached hydrogen (secondary N) is 2. The van der Waals surface area contributed by atoms with Crippen molar-refractivity contribution in [3.8, 4) is 5.75 Å². The molecule has 6 nitrogen and oxygen atoms in total. The van der Waals surface area contributed by atoms with Crippen LogP contribution < -0.4 is 15.4 Å². The van der Waals surface area contributed by atoms with Crippen molar-refractivity contribution in [3.05, 3.63) is 65.2 Å². The Labute approximate surface area is 191 Å². The largest absolute Gasteiger partial charge is 0.494 e. The average molecular weight is 438 g/mol. The zero-order valence-electron chi connectivity index (χ0n) is 19.6. The fraction of sp³-hybridized carbons (Fsp3) is 0.462. The lowest BCUT2D eigenvalue weighted by Gasteiger charge is -2.33. The molecule has 2 N–H and O–H groups in total.